The second kappa shape index (κ2) is 5.50. The summed E-state index contributed by atoms with van der Waals surface area (Å²) in [6.45, 7) is 3.70. The van der Waals surface area contributed by atoms with Gasteiger partial charge in [0, 0.05) is 24.3 Å². The molecular weight excluding hydrogens is 217 g/mol. The van der Waals surface area contributed by atoms with Crippen LogP contribution in [0.2, 0.25) is 0 Å². The molecule has 0 radical (unpaired) electrons. The number of anilines is 1. The molecule has 1 aromatic rings. The fraction of sp³-hybridized carbons (Fsp3) is 0.571. The van der Waals surface area contributed by atoms with Crippen LogP contribution < -0.4 is 4.90 Å². The predicted molar refractivity (Wildman–Crippen MR) is 67.7 cm³/mol. The molecule has 1 unspecified atom stereocenters. The smallest absolute Gasteiger partial charge is 0.123 e. The van der Waals surface area contributed by atoms with E-state index >= 15 is 0 Å². The van der Waals surface area contributed by atoms with Crippen molar-refractivity contribution in [3.05, 3.63) is 29.6 Å². The van der Waals surface area contributed by atoms with Crippen molar-refractivity contribution in [3.63, 3.8) is 0 Å². The Morgan fingerprint density at radius 1 is 1.18 bits per heavy atom. The third-order valence-electron chi connectivity index (χ3n) is 3.39. The number of hydrogen-bond donors (Lipinski definition) is 1. The molecule has 17 heavy (non-hydrogen) atoms. The standard InChI is InChI=1S/C14H20FNO/c1-11(17)13-10-12(15)6-7-14(13)16-8-4-2-3-5-9-16/h6-7,10-11,17H,2-5,8-9H2,1H3. The molecule has 94 valence electrons. The topological polar surface area (TPSA) is 23.5 Å². The minimum Gasteiger partial charge on any atom is -0.389 e. The Balaban J connectivity index is 2.29. The monoisotopic (exact) mass is 237 g/mol. The van der Waals surface area contributed by atoms with E-state index < -0.39 is 6.10 Å². The lowest BCUT2D eigenvalue weighted by atomic mass is 10.1. The molecule has 1 heterocycles. The number of aliphatic hydroxyl groups excluding tert-OH is 1. The highest BCUT2D eigenvalue weighted by Gasteiger charge is 2.16. The summed E-state index contributed by atoms with van der Waals surface area (Å²) in [6.07, 6.45) is 4.26. The van der Waals surface area contributed by atoms with Gasteiger partial charge < -0.3 is 10.0 Å². The number of rotatable bonds is 2. The summed E-state index contributed by atoms with van der Waals surface area (Å²) in [4.78, 5) is 2.27. The van der Waals surface area contributed by atoms with Gasteiger partial charge in [0.25, 0.3) is 0 Å². The van der Waals surface area contributed by atoms with Crippen molar-refractivity contribution in [3.8, 4) is 0 Å². The number of benzene rings is 1. The van der Waals surface area contributed by atoms with Crippen molar-refractivity contribution in [2.75, 3.05) is 18.0 Å². The molecule has 1 aliphatic rings. The maximum absolute atomic E-state index is 13.2. The van der Waals surface area contributed by atoms with Crippen LogP contribution in [0, 0.1) is 5.82 Å². The minimum absolute atomic E-state index is 0.278. The third kappa shape index (κ3) is 2.97. The van der Waals surface area contributed by atoms with E-state index in [0.717, 1.165) is 18.8 Å². The molecule has 0 saturated carbocycles. The van der Waals surface area contributed by atoms with Crippen molar-refractivity contribution >= 4 is 5.69 Å². The van der Waals surface area contributed by atoms with Gasteiger partial charge in [0.2, 0.25) is 0 Å². The normalized spacial score (nSPS) is 18.9. The van der Waals surface area contributed by atoms with Crippen LogP contribution in [0.3, 0.4) is 0 Å². The maximum Gasteiger partial charge on any atom is 0.123 e. The Bertz CT molecular complexity index is 370. The molecule has 0 aliphatic carbocycles. The molecule has 1 aromatic carbocycles. The molecule has 0 bridgehead atoms. The quantitative estimate of drug-likeness (QED) is 0.853. The lowest BCUT2D eigenvalue weighted by Crippen LogP contribution is -2.25. The largest absolute Gasteiger partial charge is 0.389 e. The third-order valence-corrected chi connectivity index (χ3v) is 3.39. The Hall–Kier alpha value is -1.09. The molecule has 0 amide bonds. The summed E-state index contributed by atoms with van der Waals surface area (Å²) in [5.41, 5.74) is 1.69. The first-order valence-electron chi connectivity index (χ1n) is 6.41. The van der Waals surface area contributed by atoms with Gasteiger partial charge in [0.05, 0.1) is 6.10 Å². The van der Waals surface area contributed by atoms with Gasteiger partial charge in [0.1, 0.15) is 5.82 Å². The van der Waals surface area contributed by atoms with E-state index in [1.807, 2.05) is 0 Å². The number of nitrogens with zero attached hydrogens (tertiary/aromatic N) is 1. The summed E-state index contributed by atoms with van der Waals surface area (Å²) < 4.78 is 13.2. The van der Waals surface area contributed by atoms with Crippen LogP contribution in [-0.2, 0) is 0 Å². The molecule has 1 aliphatic heterocycles. The maximum atomic E-state index is 13.2. The van der Waals surface area contributed by atoms with Gasteiger partial charge in [-0.1, -0.05) is 12.8 Å². The van der Waals surface area contributed by atoms with E-state index in [1.54, 1.807) is 13.0 Å². The van der Waals surface area contributed by atoms with Crippen molar-refractivity contribution in [1.29, 1.82) is 0 Å². The summed E-state index contributed by atoms with van der Waals surface area (Å²) in [6, 6.07) is 4.72. The van der Waals surface area contributed by atoms with Crippen LogP contribution in [0.5, 0.6) is 0 Å². The zero-order valence-electron chi connectivity index (χ0n) is 10.3. The van der Waals surface area contributed by atoms with E-state index in [1.165, 1.54) is 37.8 Å². The van der Waals surface area contributed by atoms with E-state index in [0.29, 0.717) is 5.56 Å². The Kier molecular flexibility index (Phi) is 4.00. The average Bonchev–Trinajstić information content (AvgIpc) is 2.57. The van der Waals surface area contributed by atoms with Gasteiger partial charge in [-0.25, -0.2) is 4.39 Å². The van der Waals surface area contributed by atoms with E-state index in [9.17, 15) is 9.50 Å². The average molecular weight is 237 g/mol. The number of hydrogen-bond acceptors (Lipinski definition) is 2. The van der Waals surface area contributed by atoms with Crippen LogP contribution in [0.1, 0.15) is 44.3 Å². The Morgan fingerprint density at radius 2 is 1.82 bits per heavy atom. The molecule has 3 heteroatoms. The van der Waals surface area contributed by atoms with Gasteiger partial charge >= 0.3 is 0 Å². The molecule has 1 atom stereocenters. The van der Waals surface area contributed by atoms with Gasteiger partial charge in [-0.3, -0.25) is 0 Å². The molecule has 2 nitrogen and oxygen atoms in total. The fourth-order valence-corrected chi connectivity index (χ4v) is 2.46. The van der Waals surface area contributed by atoms with Crippen LogP contribution in [0.15, 0.2) is 18.2 Å². The number of halogens is 1. The first-order chi connectivity index (χ1) is 8.18. The lowest BCUT2D eigenvalue weighted by molar-refractivity contribution is 0.199. The van der Waals surface area contributed by atoms with Gasteiger partial charge in [-0.2, -0.15) is 0 Å². The highest BCUT2D eigenvalue weighted by molar-refractivity contribution is 5.54. The van der Waals surface area contributed by atoms with Crippen molar-refractivity contribution in [2.45, 2.75) is 38.7 Å². The van der Waals surface area contributed by atoms with E-state index in [-0.39, 0.29) is 5.82 Å². The van der Waals surface area contributed by atoms with Crippen LogP contribution in [0.25, 0.3) is 0 Å². The highest BCUT2D eigenvalue weighted by atomic mass is 19.1. The second-order valence-electron chi connectivity index (χ2n) is 4.78. The summed E-state index contributed by atoms with van der Waals surface area (Å²) in [5.74, 6) is -0.278. The van der Waals surface area contributed by atoms with Crippen LogP contribution >= 0.6 is 0 Å². The second-order valence-corrected chi connectivity index (χ2v) is 4.78. The Morgan fingerprint density at radius 3 is 2.41 bits per heavy atom. The first-order valence-corrected chi connectivity index (χ1v) is 6.41. The number of aliphatic hydroxyl groups is 1. The van der Waals surface area contributed by atoms with E-state index in [4.69, 9.17) is 0 Å². The first kappa shape index (κ1) is 12.4. The van der Waals surface area contributed by atoms with E-state index in [2.05, 4.69) is 4.90 Å². The minimum atomic E-state index is -0.621. The zero-order chi connectivity index (χ0) is 12.3. The molecule has 2 rings (SSSR count). The highest BCUT2D eigenvalue weighted by Crippen LogP contribution is 2.29. The van der Waals surface area contributed by atoms with Gasteiger partial charge in [-0.15, -0.1) is 0 Å². The van der Waals surface area contributed by atoms with Crippen molar-refractivity contribution in [1.82, 2.24) is 0 Å². The summed E-state index contributed by atoms with van der Waals surface area (Å²) in [7, 11) is 0. The van der Waals surface area contributed by atoms with Crippen molar-refractivity contribution in [2.24, 2.45) is 0 Å². The molecular formula is C14H20FNO. The Labute approximate surface area is 102 Å². The molecule has 1 saturated heterocycles. The van der Waals surface area contributed by atoms with Crippen LogP contribution in [0.4, 0.5) is 10.1 Å². The molecule has 1 fully saturated rings. The van der Waals surface area contributed by atoms with Crippen molar-refractivity contribution < 1.29 is 9.50 Å². The molecule has 0 aromatic heterocycles. The summed E-state index contributed by atoms with van der Waals surface area (Å²) in [5, 5.41) is 9.74. The molecule has 0 spiro atoms. The fourth-order valence-electron chi connectivity index (χ4n) is 2.46. The lowest BCUT2D eigenvalue weighted by Gasteiger charge is -2.26. The summed E-state index contributed by atoms with van der Waals surface area (Å²) >= 11 is 0. The zero-order valence-corrected chi connectivity index (χ0v) is 10.3. The molecule has 1 N–H and O–H groups in total. The SMILES string of the molecule is CC(O)c1cc(F)ccc1N1CCCCCC1. The van der Waals surface area contributed by atoms with Crippen LogP contribution in [-0.4, -0.2) is 18.2 Å². The van der Waals surface area contributed by atoms with Gasteiger partial charge in [0.15, 0.2) is 0 Å². The van der Waals surface area contributed by atoms with Gasteiger partial charge in [-0.05, 0) is 38.0 Å². The predicted octanol–water partition coefficient (Wildman–Crippen LogP) is 3.26.